The second-order valence-electron chi connectivity index (χ2n) is 9.49. The summed E-state index contributed by atoms with van der Waals surface area (Å²) in [6.07, 6.45) is 7.88. The largest absolute Gasteiger partial charge is 0.449 e. The Morgan fingerprint density at radius 1 is 1.14 bits per heavy atom. The first kappa shape index (κ1) is 21.5. The van der Waals surface area contributed by atoms with Gasteiger partial charge in [-0.05, 0) is 70.9 Å². The Balaban J connectivity index is 0.991. The quantitative estimate of drug-likeness (QED) is 0.459. The first-order valence-corrected chi connectivity index (χ1v) is 11.8. The van der Waals surface area contributed by atoms with Crippen molar-refractivity contribution in [1.29, 1.82) is 0 Å². The molecule has 1 spiro atoms. The average Bonchev–Trinajstić information content (AvgIpc) is 3.24. The number of piperidine rings is 1. The van der Waals surface area contributed by atoms with Crippen LogP contribution >= 0.6 is 0 Å². The molecule has 4 aromatic rings. The molecule has 1 aliphatic heterocycles. The number of nitrogens with zero attached hydrogens (tertiary/aromatic N) is 6. The fourth-order valence-electron chi connectivity index (χ4n) is 5.16. The van der Waals surface area contributed by atoms with Gasteiger partial charge >= 0.3 is 0 Å². The van der Waals surface area contributed by atoms with Gasteiger partial charge in [0, 0.05) is 36.8 Å². The molecule has 35 heavy (non-hydrogen) atoms. The summed E-state index contributed by atoms with van der Waals surface area (Å²) in [5.41, 5.74) is 2.58. The number of likely N-dealkylation sites (tertiary alicyclic amines) is 1. The van der Waals surface area contributed by atoms with E-state index in [1.165, 1.54) is 0 Å². The molecule has 10 nitrogen and oxygen atoms in total. The Hall–Kier alpha value is -4.08. The van der Waals surface area contributed by atoms with Gasteiger partial charge in [-0.2, -0.15) is 0 Å². The number of nitrogens with one attached hydrogen (secondary N) is 1. The maximum Gasteiger partial charge on any atom is 0.287 e. The van der Waals surface area contributed by atoms with Gasteiger partial charge in [-0.1, -0.05) is 12.1 Å². The van der Waals surface area contributed by atoms with Crippen LogP contribution in [0.4, 0.5) is 0 Å². The van der Waals surface area contributed by atoms with Gasteiger partial charge in [-0.3, -0.25) is 14.6 Å². The molecule has 1 N–H and O–H groups in total. The SMILES string of the molecule is O=C(NCC1CC12CCN(C(=O)c1ccc(Cn3cnnn3)cc1)CC2)c1cc2ccncc2o1. The van der Waals surface area contributed by atoms with Crippen molar-refractivity contribution in [2.24, 2.45) is 11.3 Å². The predicted octanol–water partition coefficient (Wildman–Crippen LogP) is 2.53. The number of rotatable bonds is 6. The molecule has 1 aromatic carbocycles. The van der Waals surface area contributed by atoms with Crippen LogP contribution < -0.4 is 5.32 Å². The lowest BCUT2D eigenvalue weighted by Crippen LogP contribution is -2.40. The zero-order valence-corrected chi connectivity index (χ0v) is 19.1. The van der Waals surface area contributed by atoms with Crippen LogP contribution in [0.1, 0.15) is 45.7 Å². The Bertz CT molecular complexity index is 1320. The number of fused-ring (bicyclic) bond motifs is 1. The van der Waals surface area contributed by atoms with Crippen molar-refractivity contribution in [3.8, 4) is 0 Å². The standard InChI is InChI=1S/C25H25N7O3/c33-23(21-11-19-5-8-26-14-22(19)35-21)27-13-20-12-25(20)6-9-31(10-7-25)24(34)18-3-1-17(2-4-18)15-32-16-28-29-30-32/h1-5,8,11,14,16,20H,6-7,9-10,12-13,15H2,(H,27,33). The molecular weight excluding hydrogens is 446 g/mol. The van der Waals surface area contributed by atoms with Crippen molar-refractivity contribution >= 4 is 22.8 Å². The van der Waals surface area contributed by atoms with Crippen molar-refractivity contribution in [2.75, 3.05) is 19.6 Å². The van der Waals surface area contributed by atoms with Crippen LogP contribution in [0.15, 0.2) is 59.5 Å². The molecule has 2 fully saturated rings. The van der Waals surface area contributed by atoms with Crippen LogP contribution in [-0.2, 0) is 6.54 Å². The molecule has 0 bridgehead atoms. The van der Waals surface area contributed by atoms with Gasteiger partial charge in [0.25, 0.3) is 11.8 Å². The molecule has 1 saturated heterocycles. The third-order valence-electron chi connectivity index (χ3n) is 7.40. The van der Waals surface area contributed by atoms with Crippen LogP contribution in [0.3, 0.4) is 0 Å². The smallest absolute Gasteiger partial charge is 0.287 e. The average molecular weight is 472 g/mol. The maximum atomic E-state index is 13.0. The van der Waals surface area contributed by atoms with Crippen molar-refractivity contribution in [3.05, 3.63) is 72.0 Å². The minimum absolute atomic E-state index is 0.0682. The third kappa shape index (κ3) is 4.27. The lowest BCUT2D eigenvalue weighted by molar-refractivity contribution is 0.0668. The van der Waals surface area contributed by atoms with Gasteiger partial charge in [0.1, 0.15) is 6.33 Å². The van der Waals surface area contributed by atoms with E-state index < -0.39 is 0 Å². The van der Waals surface area contributed by atoms with Crippen LogP contribution in [0.5, 0.6) is 0 Å². The number of tetrazole rings is 1. The van der Waals surface area contributed by atoms with E-state index in [9.17, 15) is 9.59 Å². The van der Waals surface area contributed by atoms with E-state index in [0.29, 0.717) is 35.9 Å². The highest BCUT2D eigenvalue weighted by atomic mass is 16.3. The van der Waals surface area contributed by atoms with Gasteiger partial charge in [0.15, 0.2) is 11.3 Å². The summed E-state index contributed by atoms with van der Waals surface area (Å²) in [6, 6.07) is 11.2. The number of aromatic nitrogens is 5. The molecule has 3 aromatic heterocycles. The molecule has 2 amide bonds. The summed E-state index contributed by atoms with van der Waals surface area (Å²) < 4.78 is 7.25. The number of hydrogen-bond acceptors (Lipinski definition) is 7. The van der Waals surface area contributed by atoms with Gasteiger partial charge in [-0.25, -0.2) is 4.68 Å². The van der Waals surface area contributed by atoms with Gasteiger partial charge in [-0.15, -0.1) is 5.10 Å². The van der Waals surface area contributed by atoms with E-state index in [2.05, 4.69) is 25.8 Å². The Labute approximate surface area is 201 Å². The molecule has 1 unspecified atom stereocenters. The van der Waals surface area contributed by atoms with Gasteiger partial charge in [0.2, 0.25) is 0 Å². The Morgan fingerprint density at radius 3 is 2.71 bits per heavy atom. The van der Waals surface area contributed by atoms with Crippen molar-refractivity contribution < 1.29 is 14.0 Å². The minimum atomic E-state index is -0.195. The summed E-state index contributed by atoms with van der Waals surface area (Å²) in [5, 5.41) is 15.0. The molecule has 1 saturated carbocycles. The number of amides is 2. The summed E-state index contributed by atoms with van der Waals surface area (Å²) in [7, 11) is 0. The minimum Gasteiger partial charge on any atom is -0.449 e. The first-order chi connectivity index (χ1) is 17.1. The number of hydrogen-bond donors (Lipinski definition) is 1. The number of carbonyl (C=O) groups excluding carboxylic acids is 2. The summed E-state index contributed by atoms with van der Waals surface area (Å²) in [5.74, 6) is 0.630. The second-order valence-corrected chi connectivity index (χ2v) is 9.49. The van der Waals surface area contributed by atoms with E-state index in [0.717, 1.165) is 43.3 Å². The molecule has 10 heteroatoms. The Morgan fingerprint density at radius 2 is 1.97 bits per heavy atom. The highest BCUT2D eigenvalue weighted by molar-refractivity contribution is 5.96. The van der Waals surface area contributed by atoms with Crippen LogP contribution in [0, 0.1) is 11.3 Å². The van der Waals surface area contributed by atoms with Gasteiger partial charge in [0.05, 0.1) is 12.7 Å². The Kier molecular flexibility index (Phi) is 5.28. The first-order valence-electron chi connectivity index (χ1n) is 11.8. The number of pyridine rings is 1. The summed E-state index contributed by atoms with van der Waals surface area (Å²) in [4.78, 5) is 31.5. The van der Waals surface area contributed by atoms with Crippen LogP contribution in [0.25, 0.3) is 11.0 Å². The fraction of sp³-hybridized carbons (Fsp3) is 0.360. The van der Waals surface area contributed by atoms with Crippen molar-refractivity contribution in [1.82, 2.24) is 35.4 Å². The summed E-state index contributed by atoms with van der Waals surface area (Å²) in [6.45, 7) is 2.68. The molecular formula is C25H25N7O3. The molecule has 1 atom stereocenters. The molecule has 4 heterocycles. The topological polar surface area (TPSA) is 119 Å². The van der Waals surface area contributed by atoms with Crippen LogP contribution in [-0.4, -0.2) is 61.5 Å². The van der Waals surface area contributed by atoms with E-state index in [4.69, 9.17) is 4.42 Å². The van der Waals surface area contributed by atoms with E-state index in [-0.39, 0.29) is 17.2 Å². The van der Waals surface area contributed by atoms with Crippen molar-refractivity contribution in [3.63, 3.8) is 0 Å². The predicted molar refractivity (Wildman–Crippen MR) is 125 cm³/mol. The lowest BCUT2D eigenvalue weighted by atomic mass is 9.90. The van der Waals surface area contributed by atoms with E-state index >= 15 is 0 Å². The normalized spacial score (nSPS) is 18.6. The summed E-state index contributed by atoms with van der Waals surface area (Å²) >= 11 is 0. The number of carbonyl (C=O) groups is 2. The highest BCUT2D eigenvalue weighted by Crippen LogP contribution is 2.59. The lowest BCUT2D eigenvalue weighted by Gasteiger charge is -2.33. The number of benzene rings is 1. The van der Waals surface area contributed by atoms with E-state index in [1.54, 1.807) is 29.5 Å². The molecule has 6 rings (SSSR count). The molecule has 2 aliphatic rings. The molecule has 1 aliphatic carbocycles. The second kappa shape index (κ2) is 8.61. The number of furan rings is 1. The van der Waals surface area contributed by atoms with Gasteiger partial charge < -0.3 is 14.6 Å². The molecule has 0 radical (unpaired) electrons. The highest BCUT2D eigenvalue weighted by Gasteiger charge is 2.54. The van der Waals surface area contributed by atoms with Crippen molar-refractivity contribution in [2.45, 2.75) is 25.8 Å². The van der Waals surface area contributed by atoms with Crippen LogP contribution in [0.2, 0.25) is 0 Å². The molecule has 178 valence electrons. The van der Waals surface area contributed by atoms with E-state index in [1.807, 2.05) is 35.2 Å². The third-order valence-corrected chi connectivity index (χ3v) is 7.40. The maximum absolute atomic E-state index is 13.0. The zero-order chi connectivity index (χ0) is 23.8. The monoisotopic (exact) mass is 471 g/mol. The zero-order valence-electron chi connectivity index (χ0n) is 19.1. The fourth-order valence-corrected chi connectivity index (χ4v) is 5.16.